The third kappa shape index (κ3) is 5.96. The van der Waals surface area contributed by atoms with Crippen molar-refractivity contribution in [3.8, 4) is 5.75 Å². The molecule has 0 spiro atoms. The molecule has 0 unspecified atom stereocenters. The van der Waals surface area contributed by atoms with E-state index in [9.17, 15) is 4.79 Å². The van der Waals surface area contributed by atoms with Gasteiger partial charge in [0, 0.05) is 17.5 Å². The van der Waals surface area contributed by atoms with Gasteiger partial charge in [0.2, 0.25) is 0 Å². The highest BCUT2D eigenvalue weighted by Crippen LogP contribution is 2.23. The Kier molecular flexibility index (Phi) is 7.66. The maximum Gasteiger partial charge on any atom is 0.318 e. The van der Waals surface area contributed by atoms with Crippen molar-refractivity contribution in [3.05, 3.63) is 45.4 Å². The van der Waals surface area contributed by atoms with Gasteiger partial charge in [-0.2, -0.15) is 0 Å². The molecular weight excluding hydrogens is 358 g/mol. The molecule has 1 heterocycles. The lowest BCUT2D eigenvalue weighted by Crippen LogP contribution is -2.46. The number of thiazole rings is 1. The van der Waals surface area contributed by atoms with Crippen molar-refractivity contribution in [2.45, 2.75) is 73.2 Å². The van der Waals surface area contributed by atoms with Crippen LogP contribution in [-0.4, -0.2) is 28.0 Å². The SMILES string of the molecule is CC[C@H](C)N(Cc1csc(COc2cccc(C)c2C)n1)C(=O)NC(C)C. The molecule has 6 heteroatoms. The summed E-state index contributed by atoms with van der Waals surface area (Å²) < 4.78 is 5.95. The predicted octanol–water partition coefficient (Wildman–Crippen LogP) is 5.06. The topological polar surface area (TPSA) is 54.5 Å². The summed E-state index contributed by atoms with van der Waals surface area (Å²) >= 11 is 1.57. The molecule has 1 aromatic carbocycles. The largest absolute Gasteiger partial charge is 0.486 e. The Hall–Kier alpha value is -2.08. The summed E-state index contributed by atoms with van der Waals surface area (Å²) in [7, 11) is 0. The van der Waals surface area contributed by atoms with Crippen LogP contribution in [0.4, 0.5) is 4.79 Å². The maximum atomic E-state index is 12.5. The fraction of sp³-hybridized carbons (Fsp3) is 0.524. The fourth-order valence-electron chi connectivity index (χ4n) is 2.66. The first-order valence-corrected chi connectivity index (χ1v) is 10.4. The van der Waals surface area contributed by atoms with Crippen LogP contribution in [0.2, 0.25) is 0 Å². The smallest absolute Gasteiger partial charge is 0.318 e. The summed E-state index contributed by atoms with van der Waals surface area (Å²) in [5, 5.41) is 5.91. The second-order valence-corrected chi connectivity index (χ2v) is 8.15. The molecule has 2 aromatic rings. The summed E-state index contributed by atoms with van der Waals surface area (Å²) in [6.45, 7) is 13.2. The first-order valence-electron chi connectivity index (χ1n) is 9.51. The van der Waals surface area contributed by atoms with Gasteiger partial charge in [-0.15, -0.1) is 11.3 Å². The van der Waals surface area contributed by atoms with E-state index in [0.717, 1.165) is 28.4 Å². The third-order valence-electron chi connectivity index (χ3n) is 4.63. The van der Waals surface area contributed by atoms with Crippen LogP contribution in [0.15, 0.2) is 23.6 Å². The molecule has 0 aliphatic carbocycles. The molecule has 2 rings (SSSR count). The zero-order valence-corrected chi connectivity index (χ0v) is 18.0. The number of carbonyl (C=O) groups excluding carboxylic acids is 1. The van der Waals surface area contributed by atoms with Gasteiger partial charge in [0.05, 0.1) is 12.2 Å². The van der Waals surface area contributed by atoms with Crippen molar-refractivity contribution in [2.24, 2.45) is 0 Å². The van der Waals surface area contributed by atoms with Gasteiger partial charge in [0.25, 0.3) is 0 Å². The molecule has 0 aliphatic heterocycles. The van der Waals surface area contributed by atoms with E-state index >= 15 is 0 Å². The van der Waals surface area contributed by atoms with Crippen LogP contribution in [0.25, 0.3) is 0 Å². The number of aromatic nitrogens is 1. The van der Waals surface area contributed by atoms with E-state index in [1.165, 1.54) is 5.56 Å². The number of hydrogen-bond donors (Lipinski definition) is 1. The van der Waals surface area contributed by atoms with Gasteiger partial charge in [0.15, 0.2) is 0 Å². The zero-order chi connectivity index (χ0) is 20.0. The molecule has 2 amide bonds. The Balaban J connectivity index is 2.02. The van der Waals surface area contributed by atoms with Crippen LogP contribution >= 0.6 is 11.3 Å². The van der Waals surface area contributed by atoms with Crippen LogP contribution in [0.3, 0.4) is 0 Å². The molecule has 148 valence electrons. The van der Waals surface area contributed by atoms with Crippen LogP contribution in [0.1, 0.15) is 55.9 Å². The van der Waals surface area contributed by atoms with E-state index in [0.29, 0.717) is 13.2 Å². The van der Waals surface area contributed by atoms with E-state index in [1.807, 2.05) is 36.3 Å². The minimum atomic E-state index is -0.0412. The number of ether oxygens (including phenoxy) is 1. The summed E-state index contributed by atoms with van der Waals surface area (Å²) in [6, 6.07) is 6.29. The minimum Gasteiger partial charge on any atom is -0.486 e. The average molecular weight is 390 g/mol. The lowest BCUT2D eigenvalue weighted by molar-refractivity contribution is 0.170. The summed E-state index contributed by atoms with van der Waals surface area (Å²) in [6.07, 6.45) is 0.901. The quantitative estimate of drug-likeness (QED) is 0.687. The number of urea groups is 1. The first-order chi connectivity index (χ1) is 12.8. The number of nitrogens with one attached hydrogen (secondary N) is 1. The van der Waals surface area contributed by atoms with Gasteiger partial charge >= 0.3 is 6.03 Å². The van der Waals surface area contributed by atoms with Crippen molar-refractivity contribution in [1.82, 2.24) is 15.2 Å². The molecule has 27 heavy (non-hydrogen) atoms. The fourth-order valence-corrected chi connectivity index (χ4v) is 3.36. The molecule has 0 saturated carbocycles. The second kappa shape index (κ2) is 9.74. The molecule has 1 N–H and O–H groups in total. The highest BCUT2D eigenvalue weighted by Gasteiger charge is 2.21. The third-order valence-corrected chi connectivity index (χ3v) is 5.50. The summed E-state index contributed by atoms with van der Waals surface area (Å²) in [5.41, 5.74) is 3.27. The zero-order valence-electron chi connectivity index (χ0n) is 17.2. The number of nitrogens with zero attached hydrogens (tertiary/aromatic N) is 2. The second-order valence-electron chi connectivity index (χ2n) is 7.21. The van der Waals surface area contributed by atoms with Gasteiger partial charge in [-0.3, -0.25) is 0 Å². The molecule has 5 nitrogen and oxygen atoms in total. The normalized spacial score (nSPS) is 12.1. The van der Waals surface area contributed by atoms with Crippen molar-refractivity contribution in [1.29, 1.82) is 0 Å². The predicted molar refractivity (Wildman–Crippen MR) is 111 cm³/mol. The van der Waals surface area contributed by atoms with E-state index in [-0.39, 0.29) is 18.1 Å². The monoisotopic (exact) mass is 389 g/mol. The van der Waals surface area contributed by atoms with E-state index in [1.54, 1.807) is 11.3 Å². The number of carbonyl (C=O) groups is 1. The average Bonchev–Trinajstić information content (AvgIpc) is 3.07. The van der Waals surface area contributed by atoms with Gasteiger partial charge < -0.3 is 15.0 Å². The standard InChI is InChI=1S/C21H31N3O2S/c1-7-16(5)24(21(25)22-14(2)3)11-18-13-27-20(23-18)12-26-19-10-8-9-15(4)17(19)6/h8-10,13-14,16H,7,11-12H2,1-6H3,(H,22,25)/t16-/m0/s1. The molecule has 1 atom stereocenters. The maximum absolute atomic E-state index is 12.5. The van der Waals surface area contributed by atoms with Crippen LogP contribution < -0.4 is 10.1 Å². The highest BCUT2D eigenvalue weighted by molar-refractivity contribution is 7.09. The lowest BCUT2D eigenvalue weighted by atomic mass is 10.1. The molecule has 0 fully saturated rings. The Bertz CT molecular complexity index is 758. The molecule has 0 radical (unpaired) electrons. The Morgan fingerprint density at radius 2 is 2.04 bits per heavy atom. The summed E-state index contributed by atoms with van der Waals surface area (Å²) in [4.78, 5) is 19.0. The number of aryl methyl sites for hydroxylation is 1. The van der Waals surface area contributed by atoms with E-state index in [2.05, 4.69) is 44.1 Å². The van der Waals surface area contributed by atoms with Gasteiger partial charge in [0.1, 0.15) is 17.4 Å². The molecule has 1 aromatic heterocycles. The van der Waals surface area contributed by atoms with Crippen LogP contribution in [0, 0.1) is 13.8 Å². The van der Waals surface area contributed by atoms with Crippen LogP contribution in [-0.2, 0) is 13.2 Å². The van der Waals surface area contributed by atoms with Gasteiger partial charge in [-0.25, -0.2) is 9.78 Å². The van der Waals surface area contributed by atoms with Crippen molar-refractivity contribution < 1.29 is 9.53 Å². The van der Waals surface area contributed by atoms with Gasteiger partial charge in [-0.1, -0.05) is 19.1 Å². The van der Waals surface area contributed by atoms with Crippen molar-refractivity contribution in [2.75, 3.05) is 0 Å². The molecular formula is C21H31N3O2S. The Morgan fingerprint density at radius 3 is 2.70 bits per heavy atom. The summed E-state index contributed by atoms with van der Waals surface area (Å²) in [5.74, 6) is 0.893. The van der Waals surface area contributed by atoms with Crippen molar-refractivity contribution >= 4 is 17.4 Å². The minimum absolute atomic E-state index is 0.0412. The van der Waals surface area contributed by atoms with E-state index in [4.69, 9.17) is 4.74 Å². The number of rotatable bonds is 8. The molecule has 0 aliphatic rings. The number of amides is 2. The van der Waals surface area contributed by atoms with E-state index < -0.39 is 0 Å². The Labute approximate surface area is 166 Å². The highest BCUT2D eigenvalue weighted by atomic mass is 32.1. The molecule has 0 bridgehead atoms. The van der Waals surface area contributed by atoms with Gasteiger partial charge in [-0.05, 0) is 58.2 Å². The number of benzene rings is 1. The molecule has 0 saturated heterocycles. The van der Waals surface area contributed by atoms with Crippen LogP contribution in [0.5, 0.6) is 5.75 Å². The first kappa shape index (κ1) is 21.2. The lowest BCUT2D eigenvalue weighted by Gasteiger charge is -2.29. The number of hydrogen-bond acceptors (Lipinski definition) is 4. The van der Waals surface area contributed by atoms with Crippen molar-refractivity contribution in [3.63, 3.8) is 0 Å². The Morgan fingerprint density at radius 1 is 1.30 bits per heavy atom.